The standard InChI is InChI=1S/C12H28N4O2.C2H6/c1-2-14-6-10-18-12-8-16-4-3-15-7-11-17-9-5-13-1;1-2/h13-16H,1-12H2;1-2H3. The lowest BCUT2D eigenvalue weighted by atomic mass is 10.5. The maximum Gasteiger partial charge on any atom is 0.0591 e. The maximum absolute atomic E-state index is 5.49. The molecule has 0 aliphatic carbocycles. The third-order valence-electron chi connectivity index (χ3n) is 2.65. The van der Waals surface area contributed by atoms with Crippen LogP contribution in [0, 0.1) is 0 Å². The minimum Gasteiger partial charge on any atom is -0.379 e. The van der Waals surface area contributed by atoms with Crippen LogP contribution in [0.15, 0.2) is 0 Å². The Morgan fingerprint density at radius 3 is 0.950 bits per heavy atom. The highest BCUT2D eigenvalue weighted by atomic mass is 16.5. The van der Waals surface area contributed by atoms with Crippen molar-refractivity contribution < 1.29 is 9.47 Å². The van der Waals surface area contributed by atoms with Crippen LogP contribution in [-0.2, 0) is 9.47 Å². The first kappa shape index (κ1) is 19.8. The Bertz CT molecular complexity index is 98.2. The molecule has 6 heteroatoms. The predicted octanol–water partition coefficient (Wildman–Crippen LogP) is -0.582. The van der Waals surface area contributed by atoms with E-state index in [2.05, 4.69) is 21.3 Å². The summed E-state index contributed by atoms with van der Waals surface area (Å²) in [7, 11) is 0. The third kappa shape index (κ3) is 15.8. The summed E-state index contributed by atoms with van der Waals surface area (Å²) in [5.74, 6) is 0. The van der Waals surface area contributed by atoms with Gasteiger partial charge in [0.1, 0.15) is 0 Å². The normalized spacial score (nSPS) is 21.9. The fourth-order valence-electron chi connectivity index (χ4n) is 1.64. The van der Waals surface area contributed by atoms with E-state index in [-0.39, 0.29) is 0 Å². The average Bonchev–Trinajstić information content (AvgIpc) is 2.49. The molecular weight excluding hydrogens is 256 g/mol. The largest absolute Gasteiger partial charge is 0.379 e. The van der Waals surface area contributed by atoms with Crippen molar-refractivity contribution in [2.24, 2.45) is 0 Å². The third-order valence-corrected chi connectivity index (χ3v) is 2.65. The summed E-state index contributed by atoms with van der Waals surface area (Å²) in [6.07, 6.45) is 0. The molecule has 0 aromatic rings. The molecule has 0 saturated carbocycles. The Kier molecular flexibility index (Phi) is 18.5. The van der Waals surface area contributed by atoms with E-state index in [1.54, 1.807) is 0 Å². The fraction of sp³-hybridized carbons (Fsp3) is 1.00. The molecule has 0 spiro atoms. The summed E-state index contributed by atoms with van der Waals surface area (Å²) >= 11 is 0. The average molecular weight is 290 g/mol. The van der Waals surface area contributed by atoms with Crippen LogP contribution in [0.1, 0.15) is 13.8 Å². The molecule has 0 radical (unpaired) electrons. The second-order valence-electron chi connectivity index (χ2n) is 4.22. The van der Waals surface area contributed by atoms with E-state index in [0.29, 0.717) is 0 Å². The van der Waals surface area contributed by atoms with Gasteiger partial charge in [0.05, 0.1) is 26.4 Å². The van der Waals surface area contributed by atoms with Crippen molar-refractivity contribution in [3.63, 3.8) is 0 Å². The molecule has 4 N–H and O–H groups in total. The quantitative estimate of drug-likeness (QED) is 0.479. The molecule has 1 saturated heterocycles. The van der Waals surface area contributed by atoms with E-state index in [1.807, 2.05) is 13.8 Å². The molecule has 122 valence electrons. The number of hydrogen-bond donors (Lipinski definition) is 4. The summed E-state index contributed by atoms with van der Waals surface area (Å²) in [6, 6.07) is 0. The summed E-state index contributed by atoms with van der Waals surface area (Å²) in [5.41, 5.74) is 0. The molecule has 20 heavy (non-hydrogen) atoms. The van der Waals surface area contributed by atoms with Gasteiger partial charge >= 0.3 is 0 Å². The lowest BCUT2D eigenvalue weighted by molar-refractivity contribution is 0.133. The molecule has 0 amide bonds. The van der Waals surface area contributed by atoms with E-state index >= 15 is 0 Å². The van der Waals surface area contributed by atoms with Crippen molar-refractivity contribution in [3.05, 3.63) is 0 Å². The van der Waals surface area contributed by atoms with Gasteiger partial charge in [0.2, 0.25) is 0 Å². The van der Waals surface area contributed by atoms with E-state index < -0.39 is 0 Å². The molecule has 0 aromatic carbocycles. The van der Waals surface area contributed by atoms with Crippen molar-refractivity contribution in [1.82, 2.24) is 21.3 Å². The molecule has 1 fully saturated rings. The predicted molar refractivity (Wildman–Crippen MR) is 84.5 cm³/mol. The van der Waals surface area contributed by atoms with Crippen LogP contribution in [0.2, 0.25) is 0 Å². The van der Waals surface area contributed by atoms with Gasteiger partial charge in [-0.05, 0) is 0 Å². The first-order chi connectivity index (χ1) is 10.0. The van der Waals surface area contributed by atoms with Gasteiger partial charge in [-0.1, -0.05) is 13.8 Å². The van der Waals surface area contributed by atoms with Crippen LogP contribution in [0.5, 0.6) is 0 Å². The summed E-state index contributed by atoms with van der Waals surface area (Å²) in [5, 5.41) is 13.3. The molecule has 1 aliphatic heterocycles. The number of nitrogens with one attached hydrogen (secondary N) is 4. The maximum atomic E-state index is 5.49. The van der Waals surface area contributed by atoms with Crippen LogP contribution in [-0.4, -0.2) is 78.8 Å². The first-order valence-electron chi connectivity index (χ1n) is 7.98. The van der Waals surface area contributed by atoms with Crippen molar-refractivity contribution in [1.29, 1.82) is 0 Å². The molecular formula is C14H34N4O2. The summed E-state index contributed by atoms with van der Waals surface area (Å²) in [4.78, 5) is 0. The van der Waals surface area contributed by atoms with Crippen molar-refractivity contribution in [3.8, 4) is 0 Å². The van der Waals surface area contributed by atoms with Gasteiger partial charge in [0, 0.05) is 52.4 Å². The van der Waals surface area contributed by atoms with Gasteiger partial charge < -0.3 is 30.7 Å². The first-order valence-corrected chi connectivity index (χ1v) is 7.98. The lowest BCUT2D eigenvalue weighted by Crippen LogP contribution is -2.34. The van der Waals surface area contributed by atoms with Gasteiger partial charge in [-0.15, -0.1) is 0 Å². The smallest absolute Gasteiger partial charge is 0.0591 e. The minimum atomic E-state index is 0.781. The van der Waals surface area contributed by atoms with Crippen molar-refractivity contribution in [2.45, 2.75) is 13.8 Å². The number of rotatable bonds is 0. The number of hydrogen-bond acceptors (Lipinski definition) is 6. The highest BCUT2D eigenvalue weighted by Gasteiger charge is 1.93. The van der Waals surface area contributed by atoms with Crippen LogP contribution in [0.4, 0.5) is 0 Å². The Morgan fingerprint density at radius 2 is 0.700 bits per heavy atom. The summed E-state index contributed by atoms with van der Waals surface area (Å²) < 4.78 is 11.0. The van der Waals surface area contributed by atoms with Gasteiger partial charge in [0.25, 0.3) is 0 Å². The van der Waals surface area contributed by atoms with Crippen molar-refractivity contribution in [2.75, 3.05) is 78.8 Å². The molecule has 0 bridgehead atoms. The molecule has 1 heterocycles. The van der Waals surface area contributed by atoms with Gasteiger partial charge in [-0.3, -0.25) is 0 Å². The second kappa shape index (κ2) is 18.8. The highest BCUT2D eigenvalue weighted by molar-refractivity contribution is 4.54. The van der Waals surface area contributed by atoms with E-state index in [0.717, 1.165) is 78.8 Å². The van der Waals surface area contributed by atoms with E-state index in [4.69, 9.17) is 9.47 Å². The topological polar surface area (TPSA) is 66.6 Å². The second-order valence-corrected chi connectivity index (χ2v) is 4.22. The van der Waals surface area contributed by atoms with Crippen LogP contribution < -0.4 is 21.3 Å². The van der Waals surface area contributed by atoms with Crippen LogP contribution in [0.25, 0.3) is 0 Å². The Balaban J connectivity index is 0.00000172. The SMILES string of the molecule is C1CNCCOCCNCCNCCOCCN1.CC. The zero-order valence-corrected chi connectivity index (χ0v) is 13.3. The number of ether oxygens (including phenoxy) is 2. The minimum absolute atomic E-state index is 0.781. The molecule has 1 aliphatic rings. The Labute approximate surface area is 124 Å². The zero-order chi connectivity index (χ0) is 14.7. The lowest BCUT2D eigenvalue weighted by Gasteiger charge is -2.10. The molecule has 1 rings (SSSR count). The van der Waals surface area contributed by atoms with Crippen LogP contribution >= 0.6 is 0 Å². The Hall–Kier alpha value is -0.240. The van der Waals surface area contributed by atoms with Gasteiger partial charge in [0.15, 0.2) is 0 Å². The van der Waals surface area contributed by atoms with E-state index in [9.17, 15) is 0 Å². The molecule has 0 atom stereocenters. The fourth-order valence-corrected chi connectivity index (χ4v) is 1.64. The molecule has 0 unspecified atom stereocenters. The van der Waals surface area contributed by atoms with Gasteiger partial charge in [-0.2, -0.15) is 0 Å². The highest BCUT2D eigenvalue weighted by Crippen LogP contribution is 1.75. The Morgan fingerprint density at radius 1 is 0.450 bits per heavy atom. The van der Waals surface area contributed by atoms with Gasteiger partial charge in [-0.25, -0.2) is 0 Å². The zero-order valence-electron chi connectivity index (χ0n) is 13.3. The molecule has 6 nitrogen and oxygen atoms in total. The van der Waals surface area contributed by atoms with E-state index in [1.165, 1.54) is 0 Å². The summed E-state index contributed by atoms with van der Waals surface area (Å²) in [6.45, 7) is 14.7. The molecule has 0 aromatic heterocycles. The van der Waals surface area contributed by atoms with Crippen LogP contribution in [0.3, 0.4) is 0 Å². The monoisotopic (exact) mass is 290 g/mol. The van der Waals surface area contributed by atoms with Crippen molar-refractivity contribution >= 4 is 0 Å².